The number of likely N-dealkylation sites (N-methyl/N-ethyl adjacent to an activating group) is 1. The SMILES string of the molecule is CN(C)c1cc(NC(=O)NC(C)(C)C)c(O)c2c1CC1CC3[C@H](N(C)C)C(=O)C(C(N)=O)=C(O)[C@@]3(O)C(=O)C1=C2O. The van der Waals surface area contributed by atoms with E-state index in [0.29, 0.717) is 11.3 Å². The number of carbonyl (C=O) groups excluding carboxylic acids is 4. The van der Waals surface area contributed by atoms with Crippen LogP contribution in [0.25, 0.3) is 5.76 Å². The van der Waals surface area contributed by atoms with Crippen LogP contribution in [0.1, 0.15) is 38.3 Å². The fourth-order valence-electron chi connectivity index (χ4n) is 6.28. The number of aromatic hydroxyl groups is 1. The quantitative estimate of drug-likeness (QED) is 0.201. The zero-order chi connectivity index (χ0) is 30.9. The number of phenolic OH excluding ortho intramolecular Hbond substituents is 1. The Kier molecular flexibility index (Phi) is 7.12. The van der Waals surface area contributed by atoms with E-state index in [-0.39, 0.29) is 29.7 Å². The minimum atomic E-state index is -2.73. The number of rotatable bonds is 4. The molecule has 1 aromatic rings. The molecule has 0 radical (unpaired) electrons. The molecule has 4 rings (SSSR count). The second-order valence-corrected chi connectivity index (χ2v) is 12.3. The number of nitrogens with two attached hydrogens (primary N) is 1. The van der Waals surface area contributed by atoms with Gasteiger partial charge in [0.15, 0.2) is 17.1 Å². The van der Waals surface area contributed by atoms with E-state index in [4.69, 9.17) is 5.73 Å². The highest BCUT2D eigenvalue weighted by molar-refractivity contribution is 6.24. The Morgan fingerprint density at radius 3 is 2.22 bits per heavy atom. The number of primary amides is 1. The normalized spacial score (nSPS) is 25.9. The van der Waals surface area contributed by atoms with Crippen molar-refractivity contribution in [1.82, 2.24) is 10.2 Å². The average molecular weight is 572 g/mol. The van der Waals surface area contributed by atoms with Gasteiger partial charge in [0.25, 0.3) is 5.91 Å². The predicted molar refractivity (Wildman–Crippen MR) is 150 cm³/mol. The number of Topliss-reactive ketones (excluding diaryl/α,β-unsaturated/α-hetero) is 2. The molecule has 1 aromatic carbocycles. The molecule has 0 aromatic heterocycles. The standard InChI is InChI=1S/C28H37N5O8/c1-27(2,3)31-26(40)30-14-10-15(32(4)5)12-8-11-9-13-19(33(6)7)22(36)18(25(29)39)24(38)28(13,41)23(37)16(11)21(35)17(12)20(14)34/h10-11,13,19,34-35,38,41H,8-9H2,1-7H3,(H2,29,39)(H2,30,31,40)/t11?,13?,19-,28-/m0/s1. The van der Waals surface area contributed by atoms with E-state index in [1.54, 1.807) is 59.9 Å². The highest BCUT2D eigenvalue weighted by Crippen LogP contribution is 2.54. The van der Waals surface area contributed by atoms with E-state index in [9.17, 15) is 39.6 Å². The summed E-state index contributed by atoms with van der Waals surface area (Å²) in [6.45, 7) is 5.34. The highest BCUT2D eigenvalue weighted by Gasteiger charge is 2.64. The number of fused-ring (bicyclic) bond motifs is 3. The van der Waals surface area contributed by atoms with Crippen LogP contribution in [-0.4, -0.2) is 94.2 Å². The van der Waals surface area contributed by atoms with Crippen LogP contribution in [0.5, 0.6) is 5.75 Å². The number of benzene rings is 1. The number of hydrogen-bond acceptors (Lipinski definition) is 10. The fourth-order valence-corrected chi connectivity index (χ4v) is 6.28. The third kappa shape index (κ3) is 4.58. The number of hydrogen-bond donors (Lipinski definition) is 7. The largest absolute Gasteiger partial charge is 0.508 e. The van der Waals surface area contributed by atoms with Crippen LogP contribution in [0.4, 0.5) is 16.2 Å². The van der Waals surface area contributed by atoms with Gasteiger partial charge in [-0.15, -0.1) is 0 Å². The summed E-state index contributed by atoms with van der Waals surface area (Å²) in [7, 11) is 6.56. The lowest BCUT2D eigenvalue weighted by atomic mass is 9.57. The molecule has 13 nitrogen and oxygen atoms in total. The molecule has 222 valence electrons. The van der Waals surface area contributed by atoms with Gasteiger partial charge in [0.05, 0.1) is 17.3 Å². The van der Waals surface area contributed by atoms with Crippen molar-refractivity contribution in [1.29, 1.82) is 0 Å². The molecule has 3 aliphatic carbocycles. The molecule has 3 amide bonds. The summed E-state index contributed by atoms with van der Waals surface area (Å²) < 4.78 is 0. The van der Waals surface area contributed by atoms with Gasteiger partial charge in [-0.2, -0.15) is 0 Å². The average Bonchev–Trinajstić information content (AvgIpc) is 2.81. The zero-order valence-corrected chi connectivity index (χ0v) is 24.1. The fraction of sp³-hybridized carbons (Fsp3) is 0.500. The van der Waals surface area contributed by atoms with Crippen molar-refractivity contribution in [3.63, 3.8) is 0 Å². The smallest absolute Gasteiger partial charge is 0.319 e. The number of nitrogens with one attached hydrogen (secondary N) is 2. The van der Waals surface area contributed by atoms with Crippen molar-refractivity contribution in [3.8, 4) is 5.75 Å². The molecule has 0 spiro atoms. The highest BCUT2D eigenvalue weighted by atomic mass is 16.3. The van der Waals surface area contributed by atoms with Crippen molar-refractivity contribution in [2.45, 2.75) is 50.8 Å². The molecule has 0 bridgehead atoms. The molecule has 13 heteroatoms. The summed E-state index contributed by atoms with van der Waals surface area (Å²) >= 11 is 0. The van der Waals surface area contributed by atoms with Gasteiger partial charge in [0, 0.05) is 36.8 Å². The first-order chi connectivity index (χ1) is 18.8. The predicted octanol–water partition coefficient (Wildman–Crippen LogP) is 0.950. The van der Waals surface area contributed by atoms with Crippen LogP contribution in [0.15, 0.2) is 23.0 Å². The Hall–Kier alpha value is -4.10. The number of phenols is 1. The topological polar surface area (TPSA) is 206 Å². The molecule has 0 saturated heterocycles. The van der Waals surface area contributed by atoms with Crippen LogP contribution < -0.4 is 21.3 Å². The van der Waals surface area contributed by atoms with Crippen LogP contribution in [0.2, 0.25) is 0 Å². The molecular weight excluding hydrogens is 534 g/mol. The van der Waals surface area contributed by atoms with Crippen molar-refractivity contribution >= 4 is 40.6 Å². The number of anilines is 2. The molecule has 2 unspecified atom stereocenters. The lowest BCUT2D eigenvalue weighted by Crippen LogP contribution is -2.65. The van der Waals surface area contributed by atoms with Gasteiger partial charge < -0.3 is 41.7 Å². The monoisotopic (exact) mass is 571 g/mol. The van der Waals surface area contributed by atoms with E-state index < -0.39 is 75.4 Å². The second-order valence-electron chi connectivity index (χ2n) is 12.3. The van der Waals surface area contributed by atoms with Gasteiger partial charge in [-0.05, 0) is 65.3 Å². The number of amides is 3. The van der Waals surface area contributed by atoms with E-state index in [1.807, 2.05) is 0 Å². The number of ketones is 2. The Labute approximate surface area is 237 Å². The second kappa shape index (κ2) is 9.77. The Bertz CT molecular complexity index is 1440. The van der Waals surface area contributed by atoms with Gasteiger partial charge in [-0.3, -0.25) is 19.3 Å². The van der Waals surface area contributed by atoms with Gasteiger partial charge in [0.1, 0.15) is 17.1 Å². The zero-order valence-electron chi connectivity index (χ0n) is 24.1. The molecule has 1 saturated carbocycles. The Morgan fingerprint density at radius 1 is 1.10 bits per heavy atom. The van der Waals surface area contributed by atoms with Crippen molar-refractivity contribution in [2.24, 2.45) is 17.6 Å². The van der Waals surface area contributed by atoms with Gasteiger partial charge in [-0.25, -0.2) is 4.79 Å². The Morgan fingerprint density at radius 2 is 1.71 bits per heavy atom. The summed E-state index contributed by atoms with van der Waals surface area (Å²) in [5, 5.41) is 50.8. The number of aliphatic hydroxyl groups excluding tert-OH is 2. The molecule has 8 N–H and O–H groups in total. The molecular formula is C28H37N5O8. The molecule has 4 atom stereocenters. The molecule has 0 heterocycles. The van der Waals surface area contributed by atoms with E-state index >= 15 is 0 Å². The lowest BCUT2D eigenvalue weighted by Gasteiger charge is -2.50. The first kappa shape index (κ1) is 29.9. The van der Waals surface area contributed by atoms with Gasteiger partial charge in [-0.1, -0.05) is 0 Å². The first-order valence-corrected chi connectivity index (χ1v) is 13.1. The molecule has 0 aliphatic heterocycles. The molecule has 3 aliphatic rings. The molecule has 1 fully saturated rings. The Balaban J connectivity index is 1.93. The molecule has 41 heavy (non-hydrogen) atoms. The number of aliphatic hydroxyl groups is 3. The minimum Gasteiger partial charge on any atom is -0.508 e. The summed E-state index contributed by atoms with van der Waals surface area (Å²) in [6, 6.07) is -0.224. The van der Waals surface area contributed by atoms with Gasteiger partial charge >= 0.3 is 6.03 Å². The maximum atomic E-state index is 14.0. The van der Waals surface area contributed by atoms with Crippen LogP contribution in [0, 0.1) is 11.8 Å². The summed E-state index contributed by atoms with van der Waals surface area (Å²) in [5.74, 6) is -7.38. The maximum Gasteiger partial charge on any atom is 0.319 e. The minimum absolute atomic E-state index is 0.0205. The maximum absolute atomic E-state index is 14.0. The summed E-state index contributed by atoms with van der Waals surface area (Å²) in [5.41, 5.74) is 1.79. The number of nitrogens with zero attached hydrogens (tertiary/aromatic N) is 2. The van der Waals surface area contributed by atoms with Crippen molar-refractivity contribution in [2.75, 3.05) is 38.4 Å². The van der Waals surface area contributed by atoms with E-state index in [2.05, 4.69) is 10.6 Å². The lowest BCUT2D eigenvalue weighted by molar-refractivity contribution is -0.153. The van der Waals surface area contributed by atoms with Crippen LogP contribution >= 0.6 is 0 Å². The van der Waals surface area contributed by atoms with E-state index in [0.717, 1.165) is 0 Å². The van der Waals surface area contributed by atoms with Crippen molar-refractivity contribution in [3.05, 3.63) is 34.1 Å². The van der Waals surface area contributed by atoms with E-state index in [1.165, 1.54) is 4.90 Å². The number of urea groups is 1. The summed E-state index contributed by atoms with van der Waals surface area (Å²) in [6.07, 6.45) is 0.109. The van der Waals surface area contributed by atoms with Gasteiger partial charge in [0.2, 0.25) is 5.78 Å². The van der Waals surface area contributed by atoms with Crippen LogP contribution in [0.3, 0.4) is 0 Å². The van der Waals surface area contributed by atoms with Crippen molar-refractivity contribution < 1.29 is 39.6 Å². The first-order valence-electron chi connectivity index (χ1n) is 13.1. The van der Waals surface area contributed by atoms with Crippen LogP contribution in [-0.2, 0) is 20.8 Å². The third-order valence-electron chi connectivity index (χ3n) is 7.92. The third-order valence-corrected chi connectivity index (χ3v) is 7.92. The number of carbonyl (C=O) groups is 4. The summed E-state index contributed by atoms with van der Waals surface area (Å²) in [4.78, 5) is 55.2.